The van der Waals surface area contributed by atoms with Crippen LogP contribution in [0.5, 0.6) is 0 Å². The third kappa shape index (κ3) is 6.75. The van der Waals surface area contributed by atoms with Crippen LogP contribution in [0.2, 0.25) is 0 Å². The lowest BCUT2D eigenvalue weighted by molar-refractivity contribution is -0.597. The SMILES string of the molecule is Cc1ccc([I+]c2ccccc2)cc1.O=S(=O)([O-])C(F)(F)F. The molecular weight excluding hydrogens is 432 g/mol. The van der Waals surface area contributed by atoms with E-state index in [0.717, 1.165) is 0 Å². The van der Waals surface area contributed by atoms with E-state index in [9.17, 15) is 13.2 Å². The Morgan fingerprint density at radius 1 is 0.909 bits per heavy atom. The molecule has 0 N–H and O–H groups in total. The highest BCUT2D eigenvalue weighted by Gasteiger charge is 2.36. The van der Waals surface area contributed by atoms with Crippen LogP contribution in [-0.2, 0) is 10.1 Å². The van der Waals surface area contributed by atoms with Gasteiger partial charge in [-0.15, -0.1) is 0 Å². The minimum atomic E-state index is -6.09. The summed E-state index contributed by atoms with van der Waals surface area (Å²) in [6, 6.07) is 19.6. The van der Waals surface area contributed by atoms with Gasteiger partial charge < -0.3 is 4.55 Å². The van der Waals surface area contributed by atoms with Crippen LogP contribution in [0.3, 0.4) is 0 Å². The van der Waals surface area contributed by atoms with Crippen LogP contribution in [0.25, 0.3) is 0 Å². The highest BCUT2D eigenvalue weighted by Crippen LogP contribution is 2.20. The molecule has 22 heavy (non-hydrogen) atoms. The van der Waals surface area contributed by atoms with Gasteiger partial charge in [-0.25, -0.2) is 8.42 Å². The first-order chi connectivity index (χ1) is 10.1. The van der Waals surface area contributed by atoms with Gasteiger partial charge in [0.2, 0.25) is 0 Å². The predicted octanol–water partition coefficient (Wildman–Crippen LogP) is 0.175. The first-order valence-corrected chi connectivity index (χ1v) is 9.45. The monoisotopic (exact) mass is 444 g/mol. The molecule has 2 aromatic rings. The highest BCUT2D eigenvalue weighted by molar-refractivity contribution is 7.86. The average molecular weight is 444 g/mol. The van der Waals surface area contributed by atoms with Gasteiger partial charge in [-0.3, -0.25) is 0 Å². The van der Waals surface area contributed by atoms with E-state index in [1.165, 1.54) is 12.7 Å². The highest BCUT2D eigenvalue weighted by atomic mass is 127. The van der Waals surface area contributed by atoms with Crippen LogP contribution < -0.4 is 21.2 Å². The fraction of sp³-hybridized carbons (Fsp3) is 0.143. The summed E-state index contributed by atoms with van der Waals surface area (Å²) < 4.78 is 61.9. The number of aryl methyl sites for hydroxylation is 1. The quantitative estimate of drug-likeness (QED) is 0.377. The summed E-state index contributed by atoms with van der Waals surface area (Å²) in [5.74, 6) is 0. The Bertz CT molecular complexity index is 684. The molecule has 2 aromatic carbocycles. The van der Waals surface area contributed by atoms with Gasteiger partial charge >= 0.3 is 26.7 Å². The van der Waals surface area contributed by atoms with Gasteiger partial charge in [0.25, 0.3) is 0 Å². The van der Waals surface area contributed by atoms with Crippen molar-refractivity contribution in [2.24, 2.45) is 0 Å². The lowest BCUT2D eigenvalue weighted by Crippen LogP contribution is -3.61. The van der Waals surface area contributed by atoms with Crippen LogP contribution in [0.1, 0.15) is 5.56 Å². The van der Waals surface area contributed by atoms with Crippen LogP contribution in [-0.4, -0.2) is 18.5 Å². The van der Waals surface area contributed by atoms with Crippen molar-refractivity contribution < 1.29 is 47.3 Å². The lowest BCUT2D eigenvalue weighted by atomic mass is 10.2. The maximum absolute atomic E-state index is 10.7. The molecule has 0 unspecified atom stereocenters. The average Bonchev–Trinajstić information content (AvgIpc) is 2.41. The van der Waals surface area contributed by atoms with Crippen LogP contribution in [0, 0.1) is 14.1 Å². The third-order valence-corrected chi connectivity index (χ3v) is 5.50. The summed E-state index contributed by atoms with van der Waals surface area (Å²) in [7, 11) is -6.09. The van der Waals surface area contributed by atoms with Crippen molar-refractivity contribution in [2.75, 3.05) is 0 Å². The molecule has 0 bridgehead atoms. The lowest BCUT2D eigenvalue weighted by Gasteiger charge is -2.08. The molecule has 0 aromatic heterocycles. The molecule has 0 heterocycles. The molecule has 0 saturated heterocycles. The van der Waals surface area contributed by atoms with Crippen LogP contribution in [0.15, 0.2) is 54.6 Å². The number of rotatable bonds is 2. The minimum Gasteiger partial charge on any atom is -0.741 e. The molecule has 0 aliphatic heterocycles. The zero-order valence-electron chi connectivity index (χ0n) is 11.3. The number of benzene rings is 2. The molecule has 3 nitrogen and oxygen atoms in total. The maximum Gasteiger partial charge on any atom is 0.485 e. The second-order valence-corrected chi connectivity index (χ2v) is 8.49. The van der Waals surface area contributed by atoms with Crippen molar-refractivity contribution in [3.63, 3.8) is 0 Å². The topological polar surface area (TPSA) is 57.2 Å². The Labute approximate surface area is 137 Å². The molecule has 0 spiro atoms. The molecule has 0 saturated carbocycles. The van der Waals surface area contributed by atoms with Crippen molar-refractivity contribution in [3.05, 3.63) is 67.3 Å². The predicted molar refractivity (Wildman–Crippen MR) is 70.8 cm³/mol. The number of hydrogen-bond acceptors (Lipinski definition) is 3. The minimum absolute atomic E-state index is 0.0159. The van der Waals surface area contributed by atoms with E-state index in [-0.39, 0.29) is 21.2 Å². The van der Waals surface area contributed by atoms with E-state index in [1.807, 2.05) is 0 Å². The second-order valence-electron chi connectivity index (χ2n) is 4.09. The normalized spacial score (nSPS) is 11.5. The van der Waals surface area contributed by atoms with Gasteiger partial charge in [-0.2, -0.15) is 13.2 Å². The maximum atomic E-state index is 10.7. The molecule has 120 valence electrons. The summed E-state index contributed by atoms with van der Waals surface area (Å²) >= 11 is 0.0159. The van der Waals surface area contributed by atoms with E-state index < -0.39 is 15.6 Å². The van der Waals surface area contributed by atoms with Crippen molar-refractivity contribution in [1.29, 1.82) is 0 Å². The number of halogens is 4. The second kappa shape index (κ2) is 7.93. The largest absolute Gasteiger partial charge is 0.741 e. The van der Waals surface area contributed by atoms with Crippen molar-refractivity contribution in [2.45, 2.75) is 12.4 Å². The van der Waals surface area contributed by atoms with Crippen molar-refractivity contribution in [3.8, 4) is 0 Å². The molecule has 0 aliphatic rings. The first-order valence-electron chi connectivity index (χ1n) is 5.88. The van der Waals surface area contributed by atoms with Gasteiger partial charge in [-0.1, -0.05) is 35.9 Å². The van der Waals surface area contributed by atoms with Gasteiger partial charge in [0.1, 0.15) is 0 Å². The molecule has 0 atom stereocenters. The van der Waals surface area contributed by atoms with Gasteiger partial charge in [-0.05, 0) is 31.2 Å². The molecule has 8 heteroatoms. The molecule has 2 rings (SSSR count). The van der Waals surface area contributed by atoms with Gasteiger partial charge in [0.15, 0.2) is 17.3 Å². The smallest absolute Gasteiger partial charge is 0.485 e. The zero-order valence-corrected chi connectivity index (χ0v) is 14.3. The molecule has 0 amide bonds. The molecule has 0 fully saturated rings. The Balaban J connectivity index is 0.000000261. The molecule has 0 radical (unpaired) electrons. The van der Waals surface area contributed by atoms with E-state index >= 15 is 0 Å². The Kier molecular flexibility index (Phi) is 6.82. The summed E-state index contributed by atoms with van der Waals surface area (Å²) in [4.78, 5) is 0. The summed E-state index contributed by atoms with van der Waals surface area (Å²) in [6.07, 6.45) is 0. The summed E-state index contributed by atoms with van der Waals surface area (Å²) in [5, 5.41) is 0. The fourth-order valence-corrected chi connectivity index (χ4v) is 3.41. The zero-order chi connectivity index (χ0) is 16.8. The van der Waals surface area contributed by atoms with E-state index in [1.54, 1.807) is 0 Å². The van der Waals surface area contributed by atoms with Gasteiger partial charge in [0, 0.05) is 0 Å². The summed E-state index contributed by atoms with van der Waals surface area (Å²) in [5.41, 5.74) is -4.31. The Morgan fingerprint density at radius 2 is 1.32 bits per heavy atom. The summed E-state index contributed by atoms with van der Waals surface area (Å²) in [6.45, 7) is 2.13. The van der Waals surface area contributed by atoms with Gasteiger partial charge in [0.05, 0.1) is 0 Å². The third-order valence-electron chi connectivity index (χ3n) is 2.25. The first kappa shape index (κ1) is 18.9. The van der Waals surface area contributed by atoms with E-state index in [0.29, 0.717) is 0 Å². The van der Waals surface area contributed by atoms with Crippen molar-refractivity contribution in [1.82, 2.24) is 0 Å². The fourth-order valence-electron chi connectivity index (χ4n) is 1.20. The number of hydrogen-bond donors (Lipinski definition) is 0. The van der Waals surface area contributed by atoms with Crippen LogP contribution >= 0.6 is 0 Å². The van der Waals surface area contributed by atoms with E-state index in [2.05, 4.69) is 61.5 Å². The van der Waals surface area contributed by atoms with Crippen molar-refractivity contribution >= 4 is 10.1 Å². The molecular formula is C14H12F3IO3S. The number of alkyl halides is 3. The molecule has 0 aliphatic carbocycles. The Morgan fingerprint density at radius 3 is 1.73 bits per heavy atom. The Hall–Kier alpha value is -1.13. The standard InChI is InChI=1S/C13H12I.CHF3O3S/c1-11-7-9-13(10-8-11)14-12-5-3-2-4-6-12;2-1(3,4)8(5,6)7/h2-10H,1H3;(H,5,6,7)/q+1;/p-1. The van der Waals surface area contributed by atoms with Crippen LogP contribution in [0.4, 0.5) is 13.2 Å². The van der Waals surface area contributed by atoms with E-state index in [4.69, 9.17) is 13.0 Å².